The van der Waals surface area contributed by atoms with Crippen LogP contribution in [0.25, 0.3) is 0 Å². The largest absolute Gasteiger partial charge is 0.276 e. The standard InChI is InChI=1S/C15H17N/c1-2-14-15(10-6-7-11-15)16(14)12-13-8-4-3-5-9-13/h1,3-5,8-9,14H,6-7,10-12H2. The molecular weight excluding hydrogens is 194 g/mol. The molecule has 1 spiro atoms. The van der Waals surface area contributed by atoms with Crippen LogP contribution in [-0.2, 0) is 6.54 Å². The van der Waals surface area contributed by atoms with Crippen molar-refractivity contribution in [2.75, 3.05) is 0 Å². The molecule has 1 heterocycles. The molecule has 3 rings (SSSR count). The molecule has 0 aromatic heterocycles. The zero-order valence-corrected chi connectivity index (χ0v) is 9.52. The molecule has 1 aliphatic carbocycles. The lowest BCUT2D eigenvalue weighted by Crippen LogP contribution is -2.13. The van der Waals surface area contributed by atoms with Crippen LogP contribution in [0.4, 0.5) is 0 Å². The van der Waals surface area contributed by atoms with Crippen molar-refractivity contribution in [3.8, 4) is 12.3 Å². The van der Waals surface area contributed by atoms with Crippen molar-refractivity contribution in [1.82, 2.24) is 4.90 Å². The summed E-state index contributed by atoms with van der Waals surface area (Å²) in [7, 11) is 0. The minimum Gasteiger partial charge on any atom is -0.276 e. The molecule has 2 atom stereocenters. The van der Waals surface area contributed by atoms with Gasteiger partial charge in [-0.1, -0.05) is 49.1 Å². The van der Waals surface area contributed by atoms with Crippen molar-refractivity contribution in [2.24, 2.45) is 0 Å². The summed E-state index contributed by atoms with van der Waals surface area (Å²) in [5.74, 6) is 2.97. The highest BCUT2D eigenvalue weighted by molar-refractivity contribution is 5.31. The van der Waals surface area contributed by atoms with Crippen molar-refractivity contribution in [3.63, 3.8) is 0 Å². The maximum atomic E-state index is 5.64. The Morgan fingerprint density at radius 3 is 2.56 bits per heavy atom. The van der Waals surface area contributed by atoms with Gasteiger partial charge in [0.1, 0.15) is 0 Å². The van der Waals surface area contributed by atoms with Gasteiger partial charge < -0.3 is 0 Å². The molecule has 1 heteroatoms. The van der Waals surface area contributed by atoms with Crippen molar-refractivity contribution >= 4 is 0 Å². The third-order valence-electron chi connectivity index (χ3n) is 4.15. The van der Waals surface area contributed by atoms with E-state index in [1.807, 2.05) is 0 Å². The number of benzene rings is 1. The molecule has 1 saturated carbocycles. The van der Waals surface area contributed by atoms with Crippen LogP contribution >= 0.6 is 0 Å². The molecule has 0 radical (unpaired) electrons. The van der Waals surface area contributed by atoms with E-state index in [2.05, 4.69) is 41.2 Å². The summed E-state index contributed by atoms with van der Waals surface area (Å²) in [5.41, 5.74) is 1.76. The van der Waals surface area contributed by atoms with E-state index in [9.17, 15) is 0 Å². The quantitative estimate of drug-likeness (QED) is 0.537. The maximum absolute atomic E-state index is 5.64. The summed E-state index contributed by atoms with van der Waals surface area (Å²) in [4.78, 5) is 2.51. The Hall–Kier alpha value is -1.26. The van der Waals surface area contributed by atoms with Gasteiger partial charge in [-0.15, -0.1) is 6.42 Å². The van der Waals surface area contributed by atoms with Crippen molar-refractivity contribution < 1.29 is 0 Å². The van der Waals surface area contributed by atoms with Gasteiger partial charge in [-0.05, 0) is 18.4 Å². The first-order chi connectivity index (χ1) is 7.87. The average Bonchev–Trinajstić information content (AvgIpc) is 2.70. The minimum atomic E-state index is 0.380. The van der Waals surface area contributed by atoms with Gasteiger partial charge in [0.15, 0.2) is 0 Å². The van der Waals surface area contributed by atoms with Gasteiger partial charge in [0, 0.05) is 12.1 Å². The Balaban J connectivity index is 1.75. The van der Waals surface area contributed by atoms with Crippen molar-refractivity contribution in [2.45, 2.75) is 43.8 Å². The molecule has 82 valence electrons. The molecule has 1 saturated heterocycles. The fourth-order valence-electron chi connectivity index (χ4n) is 3.26. The number of hydrogen-bond acceptors (Lipinski definition) is 1. The summed E-state index contributed by atoms with van der Waals surface area (Å²) < 4.78 is 0. The first kappa shape index (κ1) is 9.93. The second-order valence-electron chi connectivity index (χ2n) is 4.99. The third kappa shape index (κ3) is 1.37. The monoisotopic (exact) mass is 211 g/mol. The maximum Gasteiger partial charge on any atom is 0.0907 e. The van der Waals surface area contributed by atoms with E-state index < -0.39 is 0 Å². The van der Waals surface area contributed by atoms with Gasteiger partial charge in [-0.2, -0.15) is 0 Å². The Bertz CT molecular complexity index is 409. The molecule has 1 nitrogen and oxygen atoms in total. The van der Waals surface area contributed by atoms with E-state index in [-0.39, 0.29) is 0 Å². The van der Waals surface area contributed by atoms with Gasteiger partial charge in [0.25, 0.3) is 0 Å². The number of nitrogens with zero attached hydrogens (tertiary/aromatic N) is 1. The summed E-state index contributed by atoms with van der Waals surface area (Å²) in [6, 6.07) is 11.0. The van der Waals surface area contributed by atoms with Crippen LogP contribution in [0.15, 0.2) is 30.3 Å². The summed E-state index contributed by atoms with van der Waals surface area (Å²) in [6.07, 6.45) is 10.9. The zero-order valence-electron chi connectivity index (χ0n) is 9.52. The van der Waals surface area contributed by atoms with E-state index in [4.69, 9.17) is 6.42 Å². The third-order valence-corrected chi connectivity index (χ3v) is 4.15. The number of hydrogen-bond donors (Lipinski definition) is 0. The lowest BCUT2D eigenvalue weighted by atomic mass is 10.0. The molecule has 2 unspecified atom stereocenters. The predicted molar refractivity (Wildman–Crippen MR) is 65.8 cm³/mol. The predicted octanol–water partition coefficient (Wildman–Crippen LogP) is 2.82. The second kappa shape index (κ2) is 3.64. The van der Waals surface area contributed by atoms with Gasteiger partial charge >= 0.3 is 0 Å². The molecule has 0 N–H and O–H groups in total. The fraction of sp³-hybridized carbons (Fsp3) is 0.467. The van der Waals surface area contributed by atoms with E-state index in [1.54, 1.807) is 0 Å². The van der Waals surface area contributed by atoms with E-state index in [0.29, 0.717) is 11.6 Å². The Labute approximate surface area is 97.5 Å². The number of terminal acetylenes is 1. The van der Waals surface area contributed by atoms with E-state index in [1.165, 1.54) is 31.2 Å². The van der Waals surface area contributed by atoms with Crippen LogP contribution < -0.4 is 0 Å². The molecular formula is C15H17N. The molecule has 2 aliphatic rings. The highest BCUT2D eigenvalue weighted by atomic mass is 15.4. The topological polar surface area (TPSA) is 3.01 Å². The van der Waals surface area contributed by atoms with Gasteiger partial charge in [0.2, 0.25) is 0 Å². The molecule has 2 fully saturated rings. The summed E-state index contributed by atoms with van der Waals surface area (Å²) >= 11 is 0. The first-order valence-electron chi connectivity index (χ1n) is 6.14. The Morgan fingerprint density at radius 2 is 1.94 bits per heavy atom. The highest BCUT2D eigenvalue weighted by Crippen LogP contribution is 2.53. The Kier molecular flexibility index (Phi) is 2.26. The molecule has 0 amide bonds. The minimum absolute atomic E-state index is 0.380. The van der Waals surface area contributed by atoms with Crippen LogP contribution in [0.5, 0.6) is 0 Å². The van der Waals surface area contributed by atoms with Crippen LogP contribution in [0.1, 0.15) is 31.2 Å². The van der Waals surface area contributed by atoms with Gasteiger partial charge in [-0.3, -0.25) is 4.90 Å². The molecule has 1 aliphatic heterocycles. The normalized spacial score (nSPS) is 30.2. The summed E-state index contributed by atoms with van der Waals surface area (Å²) in [5, 5.41) is 0. The Morgan fingerprint density at radius 1 is 1.25 bits per heavy atom. The molecule has 0 bridgehead atoms. The second-order valence-corrected chi connectivity index (χ2v) is 4.99. The zero-order chi connectivity index (χ0) is 11.0. The van der Waals surface area contributed by atoms with Gasteiger partial charge in [-0.25, -0.2) is 0 Å². The number of rotatable bonds is 2. The van der Waals surface area contributed by atoms with Crippen LogP contribution in [0.2, 0.25) is 0 Å². The smallest absolute Gasteiger partial charge is 0.0907 e. The van der Waals surface area contributed by atoms with Crippen LogP contribution in [0.3, 0.4) is 0 Å². The van der Waals surface area contributed by atoms with Crippen LogP contribution in [0, 0.1) is 12.3 Å². The van der Waals surface area contributed by atoms with E-state index in [0.717, 1.165) is 6.54 Å². The summed E-state index contributed by atoms with van der Waals surface area (Å²) in [6.45, 7) is 1.02. The fourth-order valence-corrected chi connectivity index (χ4v) is 3.26. The van der Waals surface area contributed by atoms with Crippen molar-refractivity contribution in [1.29, 1.82) is 0 Å². The molecule has 1 aromatic carbocycles. The van der Waals surface area contributed by atoms with E-state index >= 15 is 0 Å². The molecule has 1 aromatic rings. The van der Waals surface area contributed by atoms with Crippen molar-refractivity contribution in [3.05, 3.63) is 35.9 Å². The van der Waals surface area contributed by atoms with Crippen LogP contribution in [-0.4, -0.2) is 16.5 Å². The van der Waals surface area contributed by atoms with Gasteiger partial charge in [0.05, 0.1) is 6.04 Å². The first-order valence-corrected chi connectivity index (χ1v) is 6.14. The molecule has 16 heavy (non-hydrogen) atoms. The highest BCUT2D eigenvalue weighted by Gasteiger charge is 2.62. The average molecular weight is 211 g/mol. The SMILES string of the molecule is C#CC1N(Cc2ccccc2)C12CCCC2. The lowest BCUT2D eigenvalue weighted by molar-refractivity contribution is 0.401. The lowest BCUT2D eigenvalue weighted by Gasteiger charge is -2.09.